The second-order valence-corrected chi connectivity index (χ2v) is 8.40. The number of aryl methyl sites for hydroxylation is 1. The van der Waals surface area contributed by atoms with Gasteiger partial charge in [-0.2, -0.15) is 0 Å². The Labute approximate surface area is 186 Å². The summed E-state index contributed by atoms with van der Waals surface area (Å²) in [6.07, 6.45) is 1.86. The lowest BCUT2D eigenvalue weighted by Gasteiger charge is -2.26. The number of allylic oxidation sites excluding steroid dienone is 1. The van der Waals surface area contributed by atoms with Gasteiger partial charge >= 0.3 is 0 Å². The predicted octanol–water partition coefficient (Wildman–Crippen LogP) is 4.20. The molecule has 3 aromatic rings. The summed E-state index contributed by atoms with van der Waals surface area (Å²) in [5.41, 5.74) is 4.10. The highest BCUT2D eigenvalue weighted by Crippen LogP contribution is 2.27. The molecule has 0 saturated carbocycles. The summed E-state index contributed by atoms with van der Waals surface area (Å²) in [5.74, 6) is 1.65. The van der Waals surface area contributed by atoms with Crippen molar-refractivity contribution in [1.82, 2.24) is 19.7 Å². The molecule has 1 amide bonds. The van der Waals surface area contributed by atoms with E-state index in [9.17, 15) is 4.79 Å². The maximum atomic E-state index is 12.6. The standard InChI is InChI=1S/C24H26N4O2S/c1-3-12-28-22(20-8-4-18(2)5-9-20)25-26-24(28)31-17-19-6-10-21(11-7-19)23(29)27-13-15-30-16-14-27/h3-11H,1,12-17H2,2H3. The maximum Gasteiger partial charge on any atom is 0.254 e. The predicted molar refractivity (Wildman–Crippen MR) is 123 cm³/mol. The van der Waals surface area contributed by atoms with E-state index in [-0.39, 0.29) is 5.91 Å². The summed E-state index contributed by atoms with van der Waals surface area (Å²) in [4.78, 5) is 14.4. The van der Waals surface area contributed by atoms with E-state index in [0.717, 1.165) is 27.9 Å². The highest BCUT2D eigenvalue weighted by atomic mass is 32.2. The largest absolute Gasteiger partial charge is 0.378 e. The van der Waals surface area contributed by atoms with Gasteiger partial charge in [-0.3, -0.25) is 9.36 Å². The van der Waals surface area contributed by atoms with Crippen molar-refractivity contribution >= 4 is 17.7 Å². The number of carbonyl (C=O) groups is 1. The molecule has 31 heavy (non-hydrogen) atoms. The molecule has 0 unspecified atom stereocenters. The molecular weight excluding hydrogens is 408 g/mol. The van der Waals surface area contributed by atoms with Crippen molar-refractivity contribution in [2.24, 2.45) is 0 Å². The second kappa shape index (κ2) is 9.94. The zero-order valence-corrected chi connectivity index (χ0v) is 18.5. The van der Waals surface area contributed by atoms with Crippen molar-refractivity contribution < 1.29 is 9.53 Å². The van der Waals surface area contributed by atoms with Crippen molar-refractivity contribution in [3.05, 3.63) is 77.9 Å². The Morgan fingerprint density at radius 2 is 1.81 bits per heavy atom. The van der Waals surface area contributed by atoms with Gasteiger partial charge in [-0.25, -0.2) is 0 Å². The minimum atomic E-state index is 0.0657. The Balaban J connectivity index is 1.44. The minimum absolute atomic E-state index is 0.0657. The van der Waals surface area contributed by atoms with E-state index in [2.05, 4.69) is 52.5 Å². The fraction of sp³-hybridized carbons (Fsp3) is 0.292. The summed E-state index contributed by atoms with van der Waals surface area (Å²) in [6.45, 7) is 9.11. The summed E-state index contributed by atoms with van der Waals surface area (Å²) < 4.78 is 7.41. The zero-order valence-electron chi connectivity index (χ0n) is 17.7. The number of hydrogen-bond acceptors (Lipinski definition) is 5. The van der Waals surface area contributed by atoms with Crippen LogP contribution in [0.5, 0.6) is 0 Å². The zero-order chi connectivity index (χ0) is 21.6. The van der Waals surface area contributed by atoms with Gasteiger partial charge in [0.1, 0.15) is 0 Å². The third-order valence-electron chi connectivity index (χ3n) is 5.21. The molecule has 0 N–H and O–H groups in total. The number of carbonyl (C=O) groups excluding carboxylic acids is 1. The molecule has 2 aromatic carbocycles. The molecule has 4 rings (SSSR count). The van der Waals surface area contributed by atoms with Crippen LogP contribution in [0, 0.1) is 6.92 Å². The van der Waals surface area contributed by atoms with Gasteiger partial charge in [0.05, 0.1) is 13.2 Å². The second-order valence-electron chi connectivity index (χ2n) is 7.46. The van der Waals surface area contributed by atoms with E-state index in [1.807, 2.05) is 35.2 Å². The lowest BCUT2D eigenvalue weighted by Crippen LogP contribution is -2.40. The van der Waals surface area contributed by atoms with Gasteiger partial charge in [-0.15, -0.1) is 16.8 Å². The molecule has 1 aromatic heterocycles. The van der Waals surface area contributed by atoms with Crippen LogP contribution in [-0.4, -0.2) is 51.9 Å². The van der Waals surface area contributed by atoms with E-state index in [0.29, 0.717) is 38.4 Å². The molecule has 1 aliphatic rings. The normalized spacial score (nSPS) is 13.9. The average molecular weight is 435 g/mol. The third-order valence-corrected chi connectivity index (χ3v) is 6.24. The molecule has 7 heteroatoms. The Morgan fingerprint density at radius 1 is 1.10 bits per heavy atom. The van der Waals surface area contributed by atoms with Crippen LogP contribution in [0.3, 0.4) is 0 Å². The van der Waals surface area contributed by atoms with Gasteiger partial charge in [0.15, 0.2) is 11.0 Å². The average Bonchev–Trinajstić information content (AvgIpc) is 3.21. The van der Waals surface area contributed by atoms with E-state index >= 15 is 0 Å². The van der Waals surface area contributed by atoms with Crippen LogP contribution in [0.25, 0.3) is 11.4 Å². The number of morpholine rings is 1. The monoisotopic (exact) mass is 434 g/mol. The van der Waals surface area contributed by atoms with Crippen LogP contribution in [0.1, 0.15) is 21.5 Å². The molecule has 0 aliphatic carbocycles. The fourth-order valence-electron chi connectivity index (χ4n) is 3.45. The van der Waals surface area contributed by atoms with Gasteiger partial charge in [0, 0.05) is 36.5 Å². The smallest absolute Gasteiger partial charge is 0.254 e. The Bertz CT molecular complexity index is 1040. The van der Waals surface area contributed by atoms with Crippen molar-refractivity contribution in [3.63, 3.8) is 0 Å². The number of aromatic nitrogens is 3. The number of thioether (sulfide) groups is 1. The number of amides is 1. The lowest BCUT2D eigenvalue weighted by molar-refractivity contribution is 0.0303. The summed E-state index contributed by atoms with van der Waals surface area (Å²) in [6, 6.07) is 16.1. The van der Waals surface area contributed by atoms with E-state index in [4.69, 9.17) is 4.74 Å². The van der Waals surface area contributed by atoms with Crippen LogP contribution < -0.4 is 0 Å². The topological polar surface area (TPSA) is 60.2 Å². The van der Waals surface area contributed by atoms with Gasteiger partial charge in [-0.05, 0) is 24.6 Å². The molecule has 0 radical (unpaired) electrons. The molecule has 0 bridgehead atoms. The first-order chi connectivity index (χ1) is 15.2. The Hall–Kier alpha value is -2.90. The fourth-order valence-corrected chi connectivity index (χ4v) is 4.35. The van der Waals surface area contributed by atoms with Crippen LogP contribution in [0.4, 0.5) is 0 Å². The molecule has 160 valence electrons. The van der Waals surface area contributed by atoms with Gasteiger partial charge in [0.2, 0.25) is 0 Å². The van der Waals surface area contributed by atoms with E-state index < -0.39 is 0 Å². The van der Waals surface area contributed by atoms with Crippen LogP contribution in [-0.2, 0) is 17.0 Å². The van der Waals surface area contributed by atoms with E-state index in [1.165, 1.54) is 5.56 Å². The van der Waals surface area contributed by atoms with Gasteiger partial charge in [0.25, 0.3) is 5.91 Å². The molecule has 1 aliphatic heterocycles. The van der Waals surface area contributed by atoms with E-state index in [1.54, 1.807) is 11.8 Å². The molecule has 1 fully saturated rings. The highest BCUT2D eigenvalue weighted by molar-refractivity contribution is 7.98. The first-order valence-corrected chi connectivity index (χ1v) is 11.3. The first-order valence-electron chi connectivity index (χ1n) is 10.4. The maximum absolute atomic E-state index is 12.6. The summed E-state index contributed by atoms with van der Waals surface area (Å²) in [7, 11) is 0. The number of benzene rings is 2. The lowest BCUT2D eigenvalue weighted by atomic mass is 10.1. The van der Waals surface area contributed by atoms with Crippen LogP contribution in [0.2, 0.25) is 0 Å². The van der Waals surface area contributed by atoms with Gasteiger partial charge < -0.3 is 9.64 Å². The quantitative estimate of drug-likeness (QED) is 0.412. The van der Waals surface area contributed by atoms with Crippen molar-refractivity contribution in [1.29, 1.82) is 0 Å². The molecule has 6 nitrogen and oxygen atoms in total. The molecular formula is C24H26N4O2S. The van der Waals surface area contributed by atoms with Crippen molar-refractivity contribution in [3.8, 4) is 11.4 Å². The number of nitrogens with zero attached hydrogens (tertiary/aromatic N) is 4. The summed E-state index contributed by atoms with van der Waals surface area (Å²) >= 11 is 1.63. The van der Waals surface area contributed by atoms with Crippen molar-refractivity contribution in [2.45, 2.75) is 24.4 Å². The summed E-state index contributed by atoms with van der Waals surface area (Å²) in [5, 5.41) is 9.68. The Kier molecular flexibility index (Phi) is 6.84. The molecule has 0 spiro atoms. The number of hydrogen-bond donors (Lipinski definition) is 0. The van der Waals surface area contributed by atoms with Crippen molar-refractivity contribution in [2.75, 3.05) is 26.3 Å². The molecule has 1 saturated heterocycles. The first kappa shape index (κ1) is 21.3. The SMILES string of the molecule is C=CCn1c(SCc2ccc(C(=O)N3CCOCC3)cc2)nnc1-c1ccc(C)cc1. The number of ether oxygens (including phenoxy) is 1. The van der Waals surface area contributed by atoms with Gasteiger partial charge in [-0.1, -0.05) is 59.8 Å². The Morgan fingerprint density at radius 3 is 2.48 bits per heavy atom. The van der Waals surface area contributed by atoms with Crippen LogP contribution >= 0.6 is 11.8 Å². The third kappa shape index (κ3) is 5.06. The van der Waals surface area contributed by atoms with Crippen LogP contribution in [0.15, 0.2) is 66.3 Å². The molecule has 0 atom stereocenters. The highest BCUT2D eigenvalue weighted by Gasteiger charge is 2.18. The number of rotatable bonds is 7. The molecule has 2 heterocycles. The minimum Gasteiger partial charge on any atom is -0.378 e.